The van der Waals surface area contributed by atoms with Crippen LogP contribution in [0.3, 0.4) is 0 Å². The number of allylic oxidation sites excluding steroid dienone is 2. The molecule has 3 aliphatic rings. The minimum atomic E-state index is -5.96. The first kappa shape index (κ1) is 37.6. The Morgan fingerprint density at radius 3 is 1.39 bits per heavy atom. The monoisotopic (exact) mass is 887 g/mol. The molecular formula is C46H33Cl2F6SiZr. The molecule has 0 radical (unpaired) electrons. The summed E-state index contributed by atoms with van der Waals surface area (Å²) in [6.45, 7) is 3.92. The van der Waals surface area contributed by atoms with Crippen molar-refractivity contribution in [2.45, 2.75) is 33.5 Å². The molecule has 281 valence electrons. The standard InChI is InChI=1S/2C17H12F3.C12H9Si.2ClH.Zr/c2*1-11-9-12-5-4-7-13(15(12)10-11)14-6-2-3-8-16(14)17(18,19)20;1-3-7-11-9(5-1)10-6-2-4-8-12(10)13-11;;;/h2*2-10H,1H3;1-7H,13H2;2*1H;/q;;;;;+2/p-2. The predicted octanol–water partition coefficient (Wildman–Crippen LogP) is 12.1. The van der Waals surface area contributed by atoms with E-state index in [4.69, 9.17) is 17.0 Å². The second kappa shape index (κ2) is 13.0. The van der Waals surface area contributed by atoms with Crippen molar-refractivity contribution >= 4 is 52.3 Å². The first-order valence-corrected chi connectivity index (χ1v) is 30.1. The first-order chi connectivity index (χ1) is 26.6. The van der Waals surface area contributed by atoms with Gasteiger partial charge in [0, 0.05) is 0 Å². The molecule has 6 aromatic carbocycles. The van der Waals surface area contributed by atoms with Gasteiger partial charge in [-0.3, -0.25) is 0 Å². The molecule has 0 N–H and O–H groups in total. The van der Waals surface area contributed by atoms with Gasteiger partial charge < -0.3 is 0 Å². The van der Waals surface area contributed by atoms with Crippen molar-refractivity contribution in [2.24, 2.45) is 0 Å². The van der Waals surface area contributed by atoms with E-state index in [1.807, 2.05) is 56.3 Å². The summed E-state index contributed by atoms with van der Waals surface area (Å²) in [5, 5.41) is 2.43. The van der Waals surface area contributed by atoms with Crippen LogP contribution in [0.15, 0.2) is 139 Å². The maximum absolute atomic E-state index is 14.5. The fourth-order valence-corrected chi connectivity index (χ4v) is 38.8. The number of benzene rings is 6. The van der Waals surface area contributed by atoms with Crippen molar-refractivity contribution in [2.75, 3.05) is 0 Å². The zero-order valence-electron chi connectivity index (χ0n) is 30.2. The zero-order valence-corrected chi connectivity index (χ0v) is 35.5. The number of fused-ring (bicyclic) bond motifs is 5. The van der Waals surface area contributed by atoms with Crippen molar-refractivity contribution in [3.63, 3.8) is 0 Å². The van der Waals surface area contributed by atoms with Crippen LogP contribution in [0, 0.1) is 0 Å². The SMILES string of the molecule is CC1=Cc2c(-c3ccccc3C(F)(F)F)cccc2[CH]1[Zr]([Cl])([Cl])([c]1cccc2c1[SiH2]c1ccccc1-2)[CH]1C(C)=Cc2c(-c3ccccc3C(F)(F)F)cccc21. The molecule has 0 aromatic heterocycles. The average molecular weight is 890 g/mol. The van der Waals surface area contributed by atoms with Crippen LogP contribution in [0.2, 0.25) is 0 Å². The minimum absolute atomic E-state index is 0.0687. The van der Waals surface area contributed by atoms with Gasteiger partial charge in [-0.05, 0) is 0 Å². The van der Waals surface area contributed by atoms with E-state index < -0.39 is 56.6 Å². The molecule has 0 fully saturated rings. The molecule has 56 heavy (non-hydrogen) atoms. The summed E-state index contributed by atoms with van der Waals surface area (Å²) in [7, 11) is 16.4. The Kier molecular flexibility index (Phi) is 8.76. The fourth-order valence-electron chi connectivity index (χ4n) is 9.99. The second-order valence-electron chi connectivity index (χ2n) is 15.2. The van der Waals surface area contributed by atoms with Crippen molar-refractivity contribution in [3.05, 3.63) is 172 Å². The van der Waals surface area contributed by atoms with Crippen molar-refractivity contribution in [1.29, 1.82) is 0 Å². The first-order valence-electron chi connectivity index (χ1n) is 18.3. The summed E-state index contributed by atoms with van der Waals surface area (Å²) < 4.78 is 86.6. The van der Waals surface area contributed by atoms with Gasteiger partial charge >= 0.3 is 334 Å². The Bertz CT molecular complexity index is 2560. The summed E-state index contributed by atoms with van der Waals surface area (Å²) in [5.74, 6) is 0. The molecule has 1 heterocycles. The van der Waals surface area contributed by atoms with Gasteiger partial charge in [0.05, 0.1) is 0 Å². The van der Waals surface area contributed by atoms with Gasteiger partial charge in [-0.25, -0.2) is 0 Å². The molecule has 2 aliphatic carbocycles. The van der Waals surface area contributed by atoms with Crippen LogP contribution in [0.1, 0.15) is 54.5 Å². The van der Waals surface area contributed by atoms with E-state index in [2.05, 4.69) is 24.3 Å². The Balaban J connectivity index is 1.33. The van der Waals surface area contributed by atoms with E-state index in [1.165, 1.54) is 29.5 Å². The van der Waals surface area contributed by atoms with Gasteiger partial charge in [0.1, 0.15) is 0 Å². The van der Waals surface area contributed by atoms with Crippen LogP contribution in [-0.4, -0.2) is 9.52 Å². The Hall–Kier alpha value is -3.94. The zero-order chi connectivity index (χ0) is 39.4. The van der Waals surface area contributed by atoms with E-state index in [9.17, 15) is 26.3 Å². The molecule has 2 atom stereocenters. The van der Waals surface area contributed by atoms with Crippen LogP contribution in [0.25, 0.3) is 45.5 Å². The van der Waals surface area contributed by atoms with Gasteiger partial charge in [-0.1, -0.05) is 0 Å². The van der Waals surface area contributed by atoms with Gasteiger partial charge in [0.15, 0.2) is 0 Å². The van der Waals surface area contributed by atoms with Crippen molar-refractivity contribution in [3.8, 4) is 33.4 Å². The quantitative estimate of drug-likeness (QED) is 0.119. The van der Waals surface area contributed by atoms with E-state index in [0.717, 1.165) is 54.0 Å². The molecule has 6 aromatic rings. The van der Waals surface area contributed by atoms with Gasteiger partial charge in [-0.2, -0.15) is 0 Å². The Labute approximate surface area is 331 Å². The van der Waals surface area contributed by atoms with Crippen molar-refractivity contribution < 1.29 is 42.7 Å². The topological polar surface area (TPSA) is 0 Å². The summed E-state index contributed by atoms with van der Waals surface area (Å²) in [5.41, 5.74) is 6.31. The van der Waals surface area contributed by atoms with Gasteiger partial charge in [0.25, 0.3) is 0 Å². The molecule has 0 amide bonds. The van der Waals surface area contributed by atoms with Crippen LogP contribution < -0.4 is 13.6 Å². The summed E-state index contributed by atoms with van der Waals surface area (Å²) in [4.78, 5) is 0. The predicted molar refractivity (Wildman–Crippen MR) is 218 cm³/mol. The third-order valence-corrected chi connectivity index (χ3v) is 35.2. The molecule has 0 spiro atoms. The van der Waals surface area contributed by atoms with Crippen LogP contribution in [0.5, 0.6) is 0 Å². The molecular weight excluding hydrogens is 857 g/mol. The number of hydrogen-bond acceptors (Lipinski definition) is 0. The average Bonchev–Trinajstić information content (AvgIpc) is 3.84. The summed E-state index contributed by atoms with van der Waals surface area (Å²) in [6, 6.07) is 36.5. The molecule has 0 nitrogen and oxygen atoms in total. The van der Waals surface area contributed by atoms with Crippen molar-refractivity contribution in [1.82, 2.24) is 0 Å². The van der Waals surface area contributed by atoms with E-state index in [-0.39, 0.29) is 11.1 Å². The Morgan fingerprint density at radius 2 is 0.893 bits per heavy atom. The van der Waals surface area contributed by atoms with E-state index in [0.29, 0.717) is 22.3 Å². The number of alkyl halides is 6. The van der Waals surface area contributed by atoms with Crippen LogP contribution in [0.4, 0.5) is 26.3 Å². The van der Waals surface area contributed by atoms with E-state index in [1.54, 1.807) is 36.4 Å². The third-order valence-electron chi connectivity index (χ3n) is 12.0. The summed E-state index contributed by atoms with van der Waals surface area (Å²) >= 11 is -5.96. The molecule has 9 rings (SSSR count). The molecule has 0 bridgehead atoms. The van der Waals surface area contributed by atoms with Crippen LogP contribution in [-0.2, 0) is 28.7 Å². The fraction of sp³-hybridized carbons (Fsp3) is 0.130. The molecule has 2 unspecified atom stereocenters. The number of hydrogen-bond donors (Lipinski definition) is 0. The van der Waals surface area contributed by atoms with Crippen LogP contribution >= 0.6 is 17.0 Å². The molecule has 0 saturated heterocycles. The van der Waals surface area contributed by atoms with E-state index >= 15 is 0 Å². The molecule has 0 saturated carbocycles. The maximum atomic E-state index is 14.5. The molecule has 1 aliphatic heterocycles. The van der Waals surface area contributed by atoms with Gasteiger partial charge in [0.2, 0.25) is 0 Å². The number of halogens is 8. The number of rotatable bonds is 5. The second-order valence-corrected chi connectivity index (χ2v) is 37.6. The summed E-state index contributed by atoms with van der Waals surface area (Å²) in [6.07, 6.45) is -5.27. The normalized spacial score (nSPS) is 18.4. The van der Waals surface area contributed by atoms with Gasteiger partial charge in [-0.15, -0.1) is 0 Å². The Morgan fingerprint density at radius 1 is 0.482 bits per heavy atom. The molecule has 10 heteroatoms. The third kappa shape index (κ3) is 5.57.